The van der Waals surface area contributed by atoms with Gasteiger partial charge in [0.05, 0.1) is 19.8 Å². The van der Waals surface area contributed by atoms with E-state index < -0.39 is 14.3 Å². The standard InChI is InChI=1S/C32H47BrO6Si/c1-20(2)13-14-36-27-17-22(18-33)16-23-19-37-31(34)28-25(38-29(23)27)12-11-24(30(28)35-8)26(15-21(3)4)39-40(9,10)32(5,6)7/h11-12,16-17,20-21,26H,13-15,18-19H2,1-10H3/t26-/m0/s1. The van der Waals surface area contributed by atoms with Crippen LogP contribution in [0.25, 0.3) is 0 Å². The van der Waals surface area contributed by atoms with Crippen LogP contribution in [0, 0.1) is 11.8 Å². The Balaban J connectivity index is 2.12. The van der Waals surface area contributed by atoms with Crippen molar-refractivity contribution in [3.8, 4) is 23.0 Å². The molecule has 1 aliphatic heterocycles. The molecule has 222 valence electrons. The summed E-state index contributed by atoms with van der Waals surface area (Å²) in [6, 6.07) is 7.77. The van der Waals surface area contributed by atoms with Crippen LogP contribution in [0.5, 0.6) is 23.0 Å². The third-order valence-corrected chi connectivity index (χ3v) is 12.8. The Hall–Kier alpha value is -2.03. The van der Waals surface area contributed by atoms with E-state index in [0.29, 0.717) is 46.8 Å². The number of halogens is 1. The highest BCUT2D eigenvalue weighted by atomic mass is 79.9. The number of hydrogen-bond donors (Lipinski definition) is 0. The van der Waals surface area contributed by atoms with Crippen molar-refractivity contribution in [3.63, 3.8) is 0 Å². The smallest absolute Gasteiger partial charge is 0.346 e. The first kappa shape index (κ1) is 32.5. The van der Waals surface area contributed by atoms with E-state index in [1.165, 1.54) is 0 Å². The van der Waals surface area contributed by atoms with Gasteiger partial charge >= 0.3 is 5.97 Å². The highest BCUT2D eigenvalue weighted by Crippen LogP contribution is 2.47. The lowest BCUT2D eigenvalue weighted by molar-refractivity contribution is 0.0453. The van der Waals surface area contributed by atoms with E-state index in [4.69, 9.17) is 23.4 Å². The Labute approximate surface area is 250 Å². The van der Waals surface area contributed by atoms with Crippen molar-refractivity contribution in [1.29, 1.82) is 0 Å². The molecule has 6 nitrogen and oxygen atoms in total. The van der Waals surface area contributed by atoms with Crippen LogP contribution in [0.2, 0.25) is 18.1 Å². The fourth-order valence-electron chi connectivity index (χ4n) is 4.39. The van der Waals surface area contributed by atoms with Crippen LogP contribution in [-0.2, 0) is 21.1 Å². The second-order valence-corrected chi connectivity index (χ2v) is 18.3. The summed E-state index contributed by atoms with van der Waals surface area (Å²) in [7, 11) is -0.548. The Morgan fingerprint density at radius 3 is 2.35 bits per heavy atom. The molecule has 0 saturated carbocycles. The molecule has 8 heteroatoms. The van der Waals surface area contributed by atoms with Crippen molar-refractivity contribution in [1.82, 2.24) is 0 Å². The molecule has 0 bridgehead atoms. The summed E-state index contributed by atoms with van der Waals surface area (Å²) in [4.78, 5) is 13.5. The van der Waals surface area contributed by atoms with E-state index in [2.05, 4.69) is 77.5 Å². The van der Waals surface area contributed by atoms with Crippen molar-refractivity contribution in [2.45, 2.75) is 97.5 Å². The number of methoxy groups -OCH3 is 1. The normalized spacial score (nSPS) is 14.6. The van der Waals surface area contributed by atoms with Gasteiger partial charge in [0.2, 0.25) is 0 Å². The molecule has 0 fully saturated rings. The highest BCUT2D eigenvalue weighted by molar-refractivity contribution is 9.08. The third-order valence-electron chi connectivity index (χ3n) is 7.70. The van der Waals surface area contributed by atoms with E-state index in [1.807, 2.05) is 24.3 Å². The van der Waals surface area contributed by atoms with Crippen molar-refractivity contribution in [2.24, 2.45) is 11.8 Å². The van der Waals surface area contributed by atoms with E-state index in [0.717, 1.165) is 29.5 Å². The second-order valence-electron chi connectivity index (χ2n) is 13.0. The van der Waals surface area contributed by atoms with Crippen LogP contribution in [0.3, 0.4) is 0 Å². The molecule has 0 N–H and O–H groups in total. The Morgan fingerprint density at radius 2 is 1.77 bits per heavy atom. The number of esters is 1. The molecule has 2 aromatic carbocycles. The number of carbonyl (C=O) groups excluding carboxylic acids is 1. The van der Waals surface area contributed by atoms with Crippen molar-refractivity contribution >= 4 is 30.2 Å². The lowest BCUT2D eigenvalue weighted by Crippen LogP contribution is -2.42. The van der Waals surface area contributed by atoms with Gasteiger partial charge in [-0.2, -0.15) is 0 Å². The minimum atomic E-state index is -2.13. The number of carbonyl (C=O) groups is 1. The molecule has 3 rings (SSSR count). The van der Waals surface area contributed by atoms with Crippen LogP contribution >= 0.6 is 15.9 Å². The summed E-state index contributed by atoms with van der Waals surface area (Å²) in [5, 5.41) is 0.679. The number of rotatable bonds is 11. The largest absolute Gasteiger partial charge is 0.495 e. The Kier molecular flexibility index (Phi) is 10.8. The minimum absolute atomic E-state index is 0.0325. The topological polar surface area (TPSA) is 63.2 Å². The molecule has 1 atom stereocenters. The van der Waals surface area contributed by atoms with Crippen LogP contribution in [0.15, 0.2) is 24.3 Å². The van der Waals surface area contributed by atoms with Crippen molar-refractivity contribution in [2.75, 3.05) is 13.7 Å². The number of ether oxygens (including phenoxy) is 4. The van der Waals surface area contributed by atoms with Gasteiger partial charge in [0.15, 0.2) is 19.8 Å². The van der Waals surface area contributed by atoms with Gasteiger partial charge < -0.3 is 23.4 Å². The molecule has 0 unspecified atom stereocenters. The molecule has 0 radical (unpaired) electrons. The van der Waals surface area contributed by atoms with Gasteiger partial charge in [-0.3, -0.25) is 0 Å². The lowest BCUT2D eigenvalue weighted by Gasteiger charge is -2.40. The molecule has 1 aliphatic rings. The quantitative estimate of drug-likeness (QED) is 0.139. The first-order valence-electron chi connectivity index (χ1n) is 14.3. The maximum absolute atomic E-state index is 13.5. The second kappa shape index (κ2) is 13.3. The predicted octanol–water partition coefficient (Wildman–Crippen LogP) is 9.59. The summed E-state index contributed by atoms with van der Waals surface area (Å²) in [6.07, 6.45) is 1.48. The van der Waals surface area contributed by atoms with Gasteiger partial charge in [-0.05, 0) is 72.6 Å². The number of benzene rings is 2. The molecule has 0 saturated heterocycles. The van der Waals surface area contributed by atoms with E-state index in [1.54, 1.807) is 7.11 Å². The zero-order valence-corrected chi connectivity index (χ0v) is 28.5. The first-order valence-corrected chi connectivity index (χ1v) is 18.3. The molecule has 1 heterocycles. The van der Waals surface area contributed by atoms with E-state index in [-0.39, 0.29) is 23.3 Å². The van der Waals surface area contributed by atoms with Crippen LogP contribution < -0.4 is 14.2 Å². The van der Waals surface area contributed by atoms with Gasteiger partial charge in [0, 0.05) is 16.5 Å². The number of hydrogen-bond acceptors (Lipinski definition) is 6. The molecule has 0 aliphatic carbocycles. The van der Waals surface area contributed by atoms with Gasteiger partial charge in [-0.1, -0.05) is 64.4 Å². The molecule has 0 spiro atoms. The highest BCUT2D eigenvalue weighted by Gasteiger charge is 2.41. The Morgan fingerprint density at radius 1 is 1.07 bits per heavy atom. The van der Waals surface area contributed by atoms with Crippen molar-refractivity contribution in [3.05, 3.63) is 46.5 Å². The average Bonchev–Trinajstić information content (AvgIpc) is 2.85. The minimum Gasteiger partial charge on any atom is -0.495 e. The van der Waals surface area contributed by atoms with E-state index >= 15 is 0 Å². The lowest BCUT2D eigenvalue weighted by atomic mass is 9.96. The first-order chi connectivity index (χ1) is 18.7. The monoisotopic (exact) mass is 634 g/mol. The number of alkyl halides is 1. The molecular weight excluding hydrogens is 588 g/mol. The summed E-state index contributed by atoms with van der Waals surface area (Å²) < 4.78 is 31.4. The summed E-state index contributed by atoms with van der Waals surface area (Å²) in [5.41, 5.74) is 2.89. The van der Waals surface area contributed by atoms with Gasteiger partial charge in [0.25, 0.3) is 0 Å². The zero-order valence-electron chi connectivity index (χ0n) is 25.9. The molecule has 2 aromatic rings. The molecule has 0 aromatic heterocycles. The number of fused-ring (bicyclic) bond motifs is 2. The predicted molar refractivity (Wildman–Crippen MR) is 167 cm³/mol. The van der Waals surface area contributed by atoms with Gasteiger partial charge in [-0.15, -0.1) is 0 Å². The van der Waals surface area contributed by atoms with Gasteiger partial charge in [-0.25, -0.2) is 4.79 Å². The summed E-state index contributed by atoms with van der Waals surface area (Å²) >= 11 is 3.54. The van der Waals surface area contributed by atoms with Crippen molar-refractivity contribution < 1.29 is 28.2 Å². The molecule has 40 heavy (non-hydrogen) atoms. The van der Waals surface area contributed by atoms with E-state index in [9.17, 15) is 4.79 Å². The van der Waals surface area contributed by atoms with Crippen LogP contribution in [0.1, 0.15) is 94.5 Å². The average molecular weight is 636 g/mol. The molecule has 0 amide bonds. The Bertz CT molecular complexity index is 1180. The fourth-order valence-corrected chi connectivity index (χ4v) is 6.00. The SMILES string of the molecule is COc1c([C@H](CC(C)C)O[Si](C)(C)C(C)(C)C)ccc2c1C(=O)OCc1cc(CBr)cc(OCCC(C)C)c1O2. The maximum Gasteiger partial charge on any atom is 0.346 e. The summed E-state index contributed by atoms with van der Waals surface area (Å²) in [5.74, 6) is 2.43. The fraction of sp³-hybridized carbons (Fsp3) is 0.594. The summed E-state index contributed by atoms with van der Waals surface area (Å²) in [6.45, 7) is 20.5. The van der Waals surface area contributed by atoms with Crippen LogP contribution in [0.4, 0.5) is 0 Å². The third kappa shape index (κ3) is 7.62. The number of cyclic esters (lactones) is 1. The molecular formula is C32H47BrO6Si. The zero-order chi connectivity index (χ0) is 29.8. The van der Waals surface area contributed by atoms with Gasteiger partial charge in [0.1, 0.15) is 23.7 Å². The maximum atomic E-state index is 13.5. The van der Waals surface area contributed by atoms with Crippen LogP contribution in [-0.4, -0.2) is 28.0 Å².